The van der Waals surface area contributed by atoms with Crippen molar-refractivity contribution in [3.8, 4) is 0 Å². The van der Waals surface area contributed by atoms with Crippen LogP contribution < -0.4 is 0 Å². The lowest BCUT2D eigenvalue weighted by Gasteiger charge is -2.33. The van der Waals surface area contributed by atoms with Gasteiger partial charge < -0.3 is 24.1 Å². The lowest BCUT2D eigenvalue weighted by atomic mass is 9.86. The Morgan fingerprint density at radius 3 is 2.67 bits per heavy atom. The minimum atomic E-state index is -1.40. The van der Waals surface area contributed by atoms with Crippen LogP contribution in [0.15, 0.2) is 34.6 Å². The van der Waals surface area contributed by atoms with E-state index in [4.69, 9.17) is 18.9 Å². The SMILES string of the molecule is C/C=C(\C)C(=O)O[C@@H]1C[C@@H](C)[C@@]2(O)CC[C@@](C)(/C=C3/OC(=O)C(COC(C)=O)=C31)O2. The molecule has 3 aliphatic rings. The molecule has 1 saturated heterocycles. The van der Waals surface area contributed by atoms with E-state index in [0.29, 0.717) is 24.0 Å². The highest BCUT2D eigenvalue weighted by molar-refractivity contribution is 5.96. The molecule has 30 heavy (non-hydrogen) atoms. The summed E-state index contributed by atoms with van der Waals surface area (Å²) in [5, 5.41) is 11.1. The van der Waals surface area contributed by atoms with Crippen molar-refractivity contribution in [1.29, 1.82) is 0 Å². The van der Waals surface area contributed by atoms with Crippen LogP contribution in [-0.4, -0.2) is 47.1 Å². The van der Waals surface area contributed by atoms with Gasteiger partial charge in [0.1, 0.15) is 18.5 Å². The van der Waals surface area contributed by atoms with Gasteiger partial charge in [0.15, 0.2) is 5.79 Å². The summed E-state index contributed by atoms with van der Waals surface area (Å²) in [7, 11) is 0. The van der Waals surface area contributed by atoms with Crippen LogP contribution in [0.25, 0.3) is 0 Å². The molecule has 3 rings (SSSR count). The van der Waals surface area contributed by atoms with E-state index in [2.05, 4.69) is 0 Å². The molecule has 164 valence electrons. The zero-order valence-corrected chi connectivity index (χ0v) is 17.9. The molecule has 4 atom stereocenters. The smallest absolute Gasteiger partial charge is 0.343 e. The largest absolute Gasteiger partial charge is 0.461 e. The molecule has 0 aliphatic carbocycles. The summed E-state index contributed by atoms with van der Waals surface area (Å²) in [6.45, 7) is 7.90. The minimum absolute atomic E-state index is 0.118. The Morgan fingerprint density at radius 1 is 1.33 bits per heavy atom. The number of rotatable bonds is 4. The van der Waals surface area contributed by atoms with Crippen molar-refractivity contribution < 1.29 is 38.4 Å². The van der Waals surface area contributed by atoms with Crippen LogP contribution in [0.5, 0.6) is 0 Å². The first-order chi connectivity index (χ1) is 14.0. The van der Waals surface area contributed by atoms with Gasteiger partial charge >= 0.3 is 17.9 Å². The number of allylic oxidation sites excluding steroid dienone is 1. The Bertz CT molecular complexity index is 866. The zero-order chi connectivity index (χ0) is 22.3. The molecular weight excluding hydrogens is 392 g/mol. The van der Waals surface area contributed by atoms with Gasteiger partial charge in [0.05, 0.1) is 11.2 Å². The number of carbonyl (C=O) groups is 3. The molecule has 2 bridgehead atoms. The van der Waals surface area contributed by atoms with Gasteiger partial charge in [-0.15, -0.1) is 0 Å². The summed E-state index contributed by atoms with van der Waals surface area (Å²) in [6.07, 6.45) is 3.51. The van der Waals surface area contributed by atoms with Crippen molar-refractivity contribution in [2.75, 3.05) is 6.61 Å². The standard InChI is InChI=1S/C22H28O8/c1-6-12(2)19(24)28-16-9-13(3)22(26)8-7-21(5,30-22)10-17-18(16)15(20(25)29-17)11-27-14(4)23/h6,10,13,16,26H,7-9,11H2,1-5H3/b12-6+,17-10+/t13-,16-,21+,22-/m1/s1. The topological polar surface area (TPSA) is 108 Å². The van der Waals surface area contributed by atoms with Crippen molar-refractivity contribution in [2.24, 2.45) is 5.92 Å². The normalized spacial score (nSPS) is 35.5. The molecule has 3 aliphatic heterocycles. The quantitative estimate of drug-likeness (QED) is 0.420. The van der Waals surface area contributed by atoms with E-state index in [1.807, 2.05) is 6.92 Å². The van der Waals surface area contributed by atoms with Gasteiger partial charge in [0.2, 0.25) is 0 Å². The number of hydrogen-bond acceptors (Lipinski definition) is 8. The fourth-order valence-electron chi connectivity index (χ4n) is 3.98. The maximum atomic E-state index is 12.6. The summed E-state index contributed by atoms with van der Waals surface area (Å²) >= 11 is 0. The highest BCUT2D eigenvalue weighted by Crippen LogP contribution is 2.47. The van der Waals surface area contributed by atoms with Crippen LogP contribution >= 0.6 is 0 Å². The highest BCUT2D eigenvalue weighted by atomic mass is 16.6. The fourth-order valence-corrected chi connectivity index (χ4v) is 3.98. The van der Waals surface area contributed by atoms with E-state index in [0.717, 1.165) is 0 Å². The Balaban J connectivity index is 2.12. The van der Waals surface area contributed by atoms with E-state index in [1.165, 1.54) is 6.92 Å². The van der Waals surface area contributed by atoms with Gasteiger partial charge in [-0.1, -0.05) is 13.0 Å². The van der Waals surface area contributed by atoms with Gasteiger partial charge in [-0.2, -0.15) is 0 Å². The number of esters is 3. The van der Waals surface area contributed by atoms with Crippen molar-refractivity contribution in [3.63, 3.8) is 0 Å². The first-order valence-corrected chi connectivity index (χ1v) is 10.1. The van der Waals surface area contributed by atoms with Crippen LogP contribution in [0.4, 0.5) is 0 Å². The lowest BCUT2D eigenvalue weighted by Crippen LogP contribution is -2.40. The molecule has 0 radical (unpaired) electrons. The maximum Gasteiger partial charge on any atom is 0.343 e. The van der Waals surface area contributed by atoms with Crippen LogP contribution in [0.2, 0.25) is 0 Å². The number of aliphatic hydroxyl groups is 1. The van der Waals surface area contributed by atoms with Crippen molar-refractivity contribution in [1.82, 2.24) is 0 Å². The van der Waals surface area contributed by atoms with Gasteiger partial charge in [-0.05, 0) is 39.7 Å². The molecule has 3 heterocycles. The molecular formula is C22H28O8. The number of carbonyl (C=O) groups excluding carboxylic acids is 3. The average molecular weight is 420 g/mol. The van der Waals surface area contributed by atoms with Crippen molar-refractivity contribution >= 4 is 17.9 Å². The molecule has 0 spiro atoms. The molecule has 0 aromatic heterocycles. The molecule has 8 heteroatoms. The Kier molecular flexibility index (Phi) is 5.93. The molecule has 1 fully saturated rings. The third kappa shape index (κ3) is 4.20. The first kappa shape index (κ1) is 22.2. The number of ether oxygens (including phenoxy) is 4. The summed E-state index contributed by atoms with van der Waals surface area (Å²) in [4.78, 5) is 36.5. The molecule has 0 aromatic carbocycles. The van der Waals surface area contributed by atoms with Gasteiger partial charge in [-0.3, -0.25) is 4.79 Å². The van der Waals surface area contributed by atoms with Crippen LogP contribution in [0.1, 0.15) is 53.9 Å². The second kappa shape index (κ2) is 8.00. The second-order valence-electron chi connectivity index (χ2n) is 8.33. The third-order valence-electron chi connectivity index (χ3n) is 5.95. The highest BCUT2D eigenvalue weighted by Gasteiger charge is 2.52. The second-order valence-corrected chi connectivity index (χ2v) is 8.33. The van der Waals surface area contributed by atoms with Crippen molar-refractivity contribution in [2.45, 2.75) is 71.4 Å². The molecule has 1 N–H and O–H groups in total. The maximum absolute atomic E-state index is 12.6. The van der Waals surface area contributed by atoms with Crippen LogP contribution in [0, 0.1) is 5.92 Å². The minimum Gasteiger partial charge on any atom is -0.461 e. The Morgan fingerprint density at radius 2 is 2.03 bits per heavy atom. The molecule has 0 amide bonds. The zero-order valence-electron chi connectivity index (χ0n) is 17.9. The van der Waals surface area contributed by atoms with Gasteiger partial charge in [0, 0.05) is 30.4 Å². The first-order valence-electron chi connectivity index (χ1n) is 10.1. The predicted octanol–water partition coefficient (Wildman–Crippen LogP) is 2.46. The monoisotopic (exact) mass is 420 g/mol. The Labute approximate surface area is 175 Å². The molecule has 0 saturated carbocycles. The van der Waals surface area contributed by atoms with Crippen LogP contribution in [-0.2, 0) is 33.3 Å². The van der Waals surface area contributed by atoms with E-state index < -0.39 is 41.3 Å². The van der Waals surface area contributed by atoms with E-state index in [9.17, 15) is 19.5 Å². The third-order valence-corrected chi connectivity index (χ3v) is 5.95. The van der Waals surface area contributed by atoms with E-state index >= 15 is 0 Å². The van der Waals surface area contributed by atoms with Crippen molar-refractivity contribution in [3.05, 3.63) is 34.6 Å². The molecule has 0 unspecified atom stereocenters. The summed E-state index contributed by atoms with van der Waals surface area (Å²) < 4.78 is 22.3. The summed E-state index contributed by atoms with van der Waals surface area (Å²) in [5.41, 5.74) is 0.0157. The van der Waals surface area contributed by atoms with Gasteiger partial charge in [0.25, 0.3) is 0 Å². The molecule has 0 aromatic rings. The molecule has 8 nitrogen and oxygen atoms in total. The van der Waals surface area contributed by atoms with E-state index in [-0.39, 0.29) is 24.4 Å². The van der Waals surface area contributed by atoms with Gasteiger partial charge in [-0.25, -0.2) is 9.59 Å². The predicted molar refractivity (Wildman–Crippen MR) is 105 cm³/mol. The summed E-state index contributed by atoms with van der Waals surface area (Å²) in [5.74, 6) is -3.35. The number of hydrogen-bond donors (Lipinski definition) is 1. The van der Waals surface area contributed by atoms with Crippen LogP contribution in [0.3, 0.4) is 0 Å². The fraction of sp³-hybridized carbons (Fsp3) is 0.591. The lowest BCUT2D eigenvalue weighted by molar-refractivity contribution is -0.238. The summed E-state index contributed by atoms with van der Waals surface area (Å²) in [6, 6.07) is 0. The average Bonchev–Trinajstić information content (AvgIpc) is 3.14. The Hall–Kier alpha value is -2.45. The van der Waals surface area contributed by atoms with E-state index in [1.54, 1.807) is 32.9 Å². The number of fused-ring (bicyclic) bond motifs is 3.